The van der Waals surface area contributed by atoms with Gasteiger partial charge in [-0.25, -0.2) is 0 Å². The second-order valence-electron chi connectivity index (χ2n) is 4.07. The number of pyridine rings is 1. The van der Waals surface area contributed by atoms with Crippen molar-refractivity contribution >= 4 is 33.8 Å². The van der Waals surface area contributed by atoms with Crippen molar-refractivity contribution in [2.75, 3.05) is 0 Å². The molecule has 0 amide bonds. The number of benzene rings is 1. The maximum absolute atomic E-state index is 6.25. The van der Waals surface area contributed by atoms with Crippen molar-refractivity contribution in [2.45, 2.75) is 6.04 Å². The number of nitrogens with zero attached hydrogens (tertiary/aromatic N) is 1. The van der Waals surface area contributed by atoms with E-state index < -0.39 is 0 Å². The maximum Gasteiger partial charge on any atom is 0.0705 e. The molecule has 0 saturated heterocycles. The normalized spacial score (nSPS) is 12.8. The SMILES string of the molecule is NC(c1ccc2cccnc2c1)c1sccc1Cl. The standard InChI is InChI=1S/C14H11ClN2S/c15-11-5-7-18-14(11)13(16)10-4-3-9-2-1-6-17-12(9)8-10/h1-8,13H,16H2. The lowest BCUT2D eigenvalue weighted by atomic mass is 10.0. The molecule has 0 bridgehead atoms. The van der Waals surface area contributed by atoms with E-state index in [0.717, 1.165) is 26.4 Å². The summed E-state index contributed by atoms with van der Waals surface area (Å²) in [5.74, 6) is 0. The third kappa shape index (κ3) is 2.01. The second-order valence-corrected chi connectivity index (χ2v) is 5.42. The largest absolute Gasteiger partial charge is 0.320 e. The zero-order valence-electron chi connectivity index (χ0n) is 9.51. The molecule has 2 aromatic heterocycles. The average Bonchev–Trinajstić information content (AvgIpc) is 2.83. The Bertz CT molecular complexity index is 693. The molecule has 0 fully saturated rings. The zero-order chi connectivity index (χ0) is 12.5. The topological polar surface area (TPSA) is 38.9 Å². The first kappa shape index (κ1) is 11.7. The second kappa shape index (κ2) is 4.69. The summed E-state index contributed by atoms with van der Waals surface area (Å²) in [5, 5.41) is 3.80. The van der Waals surface area contributed by atoms with Gasteiger partial charge in [-0.15, -0.1) is 11.3 Å². The van der Waals surface area contributed by atoms with E-state index >= 15 is 0 Å². The quantitative estimate of drug-likeness (QED) is 0.767. The summed E-state index contributed by atoms with van der Waals surface area (Å²) in [4.78, 5) is 5.34. The highest BCUT2D eigenvalue weighted by molar-refractivity contribution is 7.10. The van der Waals surface area contributed by atoms with E-state index in [-0.39, 0.29) is 6.04 Å². The van der Waals surface area contributed by atoms with Crippen molar-refractivity contribution in [1.29, 1.82) is 0 Å². The molecule has 3 aromatic rings. The fourth-order valence-electron chi connectivity index (χ4n) is 1.96. The molecule has 18 heavy (non-hydrogen) atoms. The van der Waals surface area contributed by atoms with Crippen LogP contribution in [-0.2, 0) is 0 Å². The van der Waals surface area contributed by atoms with Gasteiger partial charge in [0, 0.05) is 16.5 Å². The Morgan fingerprint density at radius 2 is 2.11 bits per heavy atom. The van der Waals surface area contributed by atoms with Gasteiger partial charge in [0.1, 0.15) is 0 Å². The molecule has 1 unspecified atom stereocenters. The first-order valence-corrected chi connectivity index (χ1v) is 6.84. The molecule has 0 saturated carbocycles. The minimum atomic E-state index is -0.191. The van der Waals surface area contributed by atoms with Gasteiger partial charge < -0.3 is 5.73 Å². The van der Waals surface area contributed by atoms with Crippen LogP contribution in [0.5, 0.6) is 0 Å². The molecule has 0 aliphatic carbocycles. The van der Waals surface area contributed by atoms with E-state index in [1.54, 1.807) is 17.5 Å². The molecule has 2 N–H and O–H groups in total. The number of halogens is 1. The summed E-state index contributed by atoms with van der Waals surface area (Å²) < 4.78 is 0. The van der Waals surface area contributed by atoms with Crippen LogP contribution in [-0.4, -0.2) is 4.98 Å². The van der Waals surface area contributed by atoms with Crippen LogP contribution in [0, 0.1) is 0 Å². The van der Waals surface area contributed by atoms with Gasteiger partial charge in [0.25, 0.3) is 0 Å². The minimum absolute atomic E-state index is 0.191. The van der Waals surface area contributed by atoms with Crippen LogP contribution in [0.4, 0.5) is 0 Å². The van der Waals surface area contributed by atoms with Gasteiger partial charge in [0.05, 0.1) is 16.6 Å². The molecule has 0 aliphatic heterocycles. The molecule has 0 radical (unpaired) electrons. The fraction of sp³-hybridized carbons (Fsp3) is 0.0714. The summed E-state index contributed by atoms with van der Waals surface area (Å²) in [6, 6.07) is 11.7. The highest BCUT2D eigenvalue weighted by Crippen LogP contribution is 2.32. The zero-order valence-corrected chi connectivity index (χ0v) is 11.1. The van der Waals surface area contributed by atoms with Crippen molar-refractivity contribution in [2.24, 2.45) is 5.73 Å². The monoisotopic (exact) mass is 274 g/mol. The maximum atomic E-state index is 6.25. The van der Waals surface area contributed by atoms with E-state index in [0.29, 0.717) is 0 Å². The lowest BCUT2D eigenvalue weighted by molar-refractivity contribution is 0.895. The Balaban J connectivity index is 2.07. The third-order valence-electron chi connectivity index (χ3n) is 2.92. The van der Waals surface area contributed by atoms with Gasteiger partial charge in [-0.2, -0.15) is 0 Å². The van der Waals surface area contributed by atoms with E-state index in [4.69, 9.17) is 17.3 Å². The van der Waals surface area contributed by atoms with Gasteiger partial charge in [0.15, 0.2) is 0 Å². The molecule has 1 atom stereocenters. The van der Waals surface area contributed by atoms with Crippen LogP contribution < -0.4 is 5.73 Å². The van der Waals surface area contributed by atoms with Crippen LogP contribution >= 0.6 is 22.9 Å². The summed E-state index contributed by atoms with van der Waals surface area (Å²) in [7, 11) is 0. The molecule has 90 valence electrons. The Morgan fingerprint density at radius 1 is 1.22 bits per heavy atom. The van der Waals surface area contributed by atoms with Crippen molar-refractivity contribution in [3.05, 3.63) is 63.4 Å². The Hall–Kier alpha value is -1.42. The summed E-state index contributed by atoms with van der Waals surface area (Å²) in [5.41, 5.74) is 8.24. The van der Waals surface area contributed by atoms with Gasteiger partial charge in [-0.3, -0.25) is 4.98 Å². The molecule has 0 aliphatic rings. The highest BCUT2D eigenvalue weighted by atomic mass is 35.5. The molecule has 2 heterocycles. The molecule has 2 nitrogen and oxygen atoms in total. The first-order valence-electron chi connectivity index (χ1n) is 5.59. The Kier molecular flexibility index (Phi) is 3.04. The van der Waals surface area contributed by atoms with Crippen LogP contribution in [0.15, 0.2) is 48.0 Å². The molecule has 4 heteroatoms. The van der Waals surface area contributed by atoms with Crippen molar-refractivity contribution in [3.8, 4) is 0 Å². The minimum Gasteiger partial charge on any atom is -0.320 e. The number of hydrogen-bond acceptors (Lipinski definition) is 3. The number of fused-ring (bicyclic) bond motifs is 1. The Morgan fingerprint density at radius 3 is 2.89 bits per heavy atom. The van der Waals surface area contributed by atoms with Gasteiger partial charge in [-0.1, -0.05) is 29.8 Å². The van der Waals surface area contributed by atoms with Gasteiger partial charge >= 0.3 is 0 Å². The molecule has 1 aromatic carbocycles. The predicted octanol–water partition coefficient (Wildman–Crippen LogP) is 4.00. The smallest absolute Gasteiger partial charge is 0.0705 e. The van der Waals surface area contributed by atoms with Gasteiger partial charge in [0.2, 0.25) is 0 Å². The van der Waals surface area contributed by atoms with Crippen molar-refractivity contribution < 1.29 is 0 Å². The summed E-state index contributed by atoms with van der Waals surface area (Å²) in [6.45, 7) is 0. The number of aromatic nitrogens is 1. The molecule has 3 rings (SSSR count). The van der Waals surface area contributed by atoms with E-state index in [9.17, 15) is 0 Å². The third-order valence-corrected chi connectivity index (χ3v) is 4.36. The van der Waals surface area contributed by atoms with Crippen molar-refractivity contribution in [3.63, 3.8) is 0 Å². The highest BCUT2D eigenvalue weighted by Gasteiger charge is 2.14. The van der Waals surface area contributed by atoms with Crippen LogP contribution in [0.2, 0.25) is 5.02 Å². The Labute approximate surface area is 114 Å². The first-order chi connectivity index (χ1) is 8.75. The van der Waals surface area contributed by atoms with Crippen molar-refractivity contribution in [1.82, 2.24) is 4.98 Å². The molecule has 0 spiro atoms. The molecular formula is C14H11ClN2S. The number of rotatable bonds is 2. The van der Waals surface area contributed by atoms with E-state index in [2.05, 4.69) is 4.98 Å². The summed E-state index contributed by atoms with van der Waals surface area (Å²) in [6.07, 6.45) is 1.79. The van der Waals surface area contributed by atoms with Crippen LogP contribution in [0.1, 0.15) is 16.5 Å². The van der Waals surface area contributed by atoms with E-state index in [1.807, 2.05) is 41.8 Å². The predicted molar refractivity (Wildman–Crippen MR) is 77.1 cm³/mol. The fourth-order valence-corrected chi connectivity index (χ4v) is 3.16. The average molecular weight is 275 g/mol. The lowest BCUT2D eigenvalue weighted by Crippen LogP contribution is -2.10. The summed E-state index contributed by atoms with van der Waals surface area (Å²) >= 11 is 7.70. The molecular weight excluding hydrogens is 264 g/mol. The number of hydrogen-bond donors (Lipinski definition) is 1. The lowest BCUT2D eigenvalue weighted by Gasteiger charge is -2.11. The number of thiophene rings is 1. The van der Waals surface area contributed by atoms with Crippen LogP contribution in [0.3, 0.4) is 0 Å². The van der Waals surface area contributed by atoms with E-state index in [1.165, 1.54) is 0 Å². The van der Waals surface area contributed by atoms with Gasteiger partial charge in [-0.05, 0) is 29.1 Å². The van der Waals surface area contributed by atoms with Crippen LogP contribution in [0.25, 0.3) is 10.9 Å². The number of nitrogens with two attached hydrogens (primary N) is 1.